The van der Waals surface area contributed by atoms with Crippen molar-refractivity contribution >= 4 is 81.3 Å². The molecule has 4 aliphatic rings. The van der Waals surface area contributed by atoms with Gasteiger partial charge in [0.05, 0.1) is 80.8 Å². The van der Waals surface area contributed by atoms with E-state index in [4.69, 9.17) is 9.47 Å². The van der Waals surface area contributed by atoms with Crippen molar-refractivity contribution in [3.8, 4) is 42.8 Å². The van der Waals surface area contributed by atoms with E-state index in [0.717, 1.165) is 87.5 Å². The number of benzene rings is 6. The van der Waals surface area contributed by atoms with Crippen molar-refractivity contribution in [2.75, 3.05) is 33.9 Å². The predicted molar refractivity (Wildman–Crippen MR) is 440 cm³/mol. The summed E-state index contributed by atoms with van der Waals surface area (Å²) in [5.74, 6) is -1.15. The van der Waals surface area contributed by atoms with Gasteiger partial charge in [0.2, 0.25) is 35.4 Å². The lowest BCUT2D eigenvalue weighted by atomic mass is 9.85. The van der Waals surface area contributed by atoms with E-state index in [0.29, 0.717) is 42.9 Å². The maximum absolute atomic E-state index is 13.9. The second kappa shape index (κ2) is 37.2. The number of fused-ring (bicyclic) bond motifs is 1. The highest BCUT2D eigenvalue weighted by molar-refractivity contribution is 7.14. The van der Waals surface area contributed by atoms with Crippen molar-refractivity contribution in [1.82, 2.24) is 55.8 Å². The molecule has 27 heteroatoms. The highest BCUT2D eigenvalue weighted by Gasteiger charge is 2.51. The van der Waals surface area contributed by atoms with Crippen LogP contribution in [0.5, 0.6) is 11.5 Å². The van der Waals surface area contributed by atoms with Crippen LogP contribution in [-0.2, 0) is 61.4 Å². The van der Waals surface area contributed by atoms with Gasteiger partial charge in [0.25, 0.3) is 11.8 Å². The number of aromatic nitrogens is 3. The summed E-state index contributed by atoms with van der Waals surface area (Å²) in [6.45, 7) is 20.4. The Morgan fingerprint density at radius 1 is 0.579 bits per heavy atom. The quantitative estimate of drug-likeness (QED) is 0.0313. The molecule has 24 nitrogen and oxygen atoms in total. The second-order valence-corrected chi connectivity index (χ2v) is 33.6. The Kier molecular flexibility index (Phi) is 27.5. The molecule has 114 heavy (non-hydrogen) atoms. The monoisotopic (exact) mass is 1600 g/mol. The molecule has 8 atom stereocenters. The molecule has 0 bridgehead atoms. The smallest absolute Gasteiger partial charge is 0.255 e. The van der Waals surface area contributed by atoms with E-state index in [1.54, 1.807) is 84.3 Å². The molecule has 3 saturated heterocycles. The zero-order chi connectivity index (χ0) is 81.9. The summed E-state index contributed by atoms with van der Waals surface area (Å²) in [5, 5.41) is 42.9. The van der Waals surface area contributed by atoms with Crippen molar-refractivity contribution in [3.63, 3.8) is 0 Å². The molecule has 6 aromatic carbocycles. The first-order chi connectivity index (χ1) is 54.4. The van der Waals surface area contributed by atoms with Crippen molar-refractivity contribution < 1.29 is 63.1 Å². The van der Waals surface area contributed by atoms with E-state index in [1.165, 1.54) is 14.7 Å². The lowest BCUT2D eigenvalue weighted by Gasteiger charge is -2.35. The summed E-state index contributed by atoms with van der Waals surface area (Å²) in [6, 6.07) is 40.7. The number of methoxy groups -OCH3 is 2. The van der Waals surface area contributed by atoms with Crippen molar-refractivity contribution in [1.29, 1.82) is 0 Å². The number of carbonyl (C=O) groups is 8. The van der Waals surface area contributed by atoms with Gasteiger partial charge in [-0.15, -0.1) is 34.0 Å². The van der Waals surface area contributed by atoms with Crippen molar-refractivity contribution in [3.05, 3.63) is 218 Å². The summed E-state index contributed by atoms with van der Waals surface area (Å²) in [7, 11) is 3.17. The predicted octanol–water partition coefficient (Wildman–Crippen LogP) is 11.0. The number of aliphatic hydroxyl groups is 3. The maximum atomic E-state index is 13.9. The molecule has 0 radical (unpaired) electrons. The van der Waals surface area contributed by atoms with Crippen LogP contribution < -0.4 is 30.7 Å². The first-order valence-electron chi connectivity index (χ1n) is 38.2. The minimum atomic E-state index is -1.11. The number of hydrogen-bond acceptors (Lipinski definition) is 19. The van der Waals surface area contributed by atoms with Crippen LogP contribution in [0.15, 0.2) is 156 Å². The zero-order valence-electron chi connectivity index (χ0n) is 66.4. The number of thiazole rings is 3. The van der Waals surface area contributed by atoms with Gasteiger partial charge in [-0.3, -0.25) is 38.4 Å². The molecule has 7 N–H and O–H groups in total. The summed E-state index contributed by atoms with van der Waals surface area (Å²) >= 11 is 4.77. The normalized spacial score (nSPS) is 18.9. The molecule has 4 aliphatic heterocycles. The molecule has 8 amide bonds. The number of likely N-dealkylation sites (tertiary alicyclic amines) is 3. The number of carbonyl (C=O) groups excluding carboxylic acids is 8. The van der Waals surface area contributed by atoms with Gasteiger partial charge in [-0.05, 0) is 139 Å². The topological polar surface area (TPSA) is 315 Å². The van der Waals surface area contributed by atoms with Gasteiger partial charge in [0.15, 0.2) is 0 Å². The highest BCUT2D eigenvalue weighted by Crippen LogP contribution is 2.37. The van der Waals surface area contributed by atoms with E-state index in [-0.39, 0.29) is 105 Å². The van der Waals surface area contributed by atoms with Gasteiger partial charge in [-0.1, -0.05) is 137 Å². The van der Waals surface area contributed by atoms with Crippen LogP contribution >= 0.6 is 34.0 Å². The molecule has 9 aromatic rings. The summed E-state index contributed by atoms with van der Waals surface area (Å²) in [6.07, 6.45) is -1.15. The number of amides is 8. The third-order valence-electron chi connectivity index (χ3n) is 21.2. The van der Waals surface area contributed by atoms with E-state index in [9.17, 15) is 53.7 Å². The van der Waals surface area contributed by atoms with Crippen LogP contribution in [0.3, 0.4) is 0 Å². The molecule has 0 spiro atoms. The summed E-state index contributed by atoms with van der Waals surface area (Å²) in [5.41, 5.74) is 16.6. The minimum absolute atomic E-state index is 0.0358. The summed E-state index contributed by atoms with van der Waals surface area (Å²) in [4.78, 5) is 129. The Balaban J connectivity index is 0.000000170. The molecular formula is C87H101N11O13S3. The molecule has 600 valence electrons. The van der Waals surface area contributed by atoms with Gasteiger partial charge in [-0.2, -0.15) is 0 Å². The third-order valence-corrected chi connectivity index (χ3v) is 24.1. The Bertz CT molecular complexity index is 4910. The SMILES string of the molecule is COc1ccc(CCC(=O)N[C@H](C(=O)N2C[C@H](O)C[C@H]2C(=O)NCc2ccc(-c3scnc3C)cc2)C(C)(C)C)cc1.COc1ccc2c(c1)CN([C@H](C(=O)N1C[C@H](O)C[C@H]1C(=O)NCc1ccc(-c3scnc3C)cc1)C(C)C)C2=O.Cc1cccc(C(=O)N2C[C@H](O)CC2(C)C(=O)NCc2ccc(-c3scnc3C)cc2)c1. The van der Waals surface area contributed by atoms with Gasteiger partial charge in [-0.25, -0.2) is 15.0 Å². The van der Waals surface area contributed by atoms with Crippen LogP contribution in [0.1, 0.15) is 138 Å². The van der Waals surface area contributed by atoms with Crippen LogP contribution in [0.4, 0.5) is 0 Å². The summed E-state index contributed by atoms with van der Waals surface area (Å²) < 4.78 is 10.5. The van der Waals surface area contributed by atoms with Crippen molar-refractivity contribution in [2.45, 2.75) is 176 Å². The number of ether oxygens (including phenoxy) is 2. The van der Waals surface area contributed by atoms with E-state index < -0.39 is 53.4 Å². The number of nitrogens with one attached hydrogen (secondary N) is 4. The van der Waals surface area contributed by atoms with Crippen LogP contribution in [0, 0.1) is 39.0 Å². The van der Waals surface area contributed by atoms with Gasteiger partial charge in [0.1, 0.15) is 41.2 Å². The molecule has 0 aliphatic carbocycles. The third kappa shape index (κ3) is 20.1. The fraction of sp³-hybridized carbons (Fsp3) is 0.391. The molecule has 7 heterocycles. The maximum Gasteiger partial charge on any atom is 0.255 e. The average Bonchev–Trinajstić information content (AvgIpc) is 1.62. The second-order valence-electron chi connectivity index (χ2n) is 31.1. The molecular weight excluding hydrogens is 1500 g/mol. The Labute approximate surface area is 677 Å². The lowest BCUT2D eigenvalue weighted by Crippen LogP contribution is -2.57. The molecule has 3 aromatic heterocycles. The van der Waals surface area contributed by atoms with Crippen molar-refractivity contribution in [2.24, 2.45) is 11.3 Å². The van der Waals surface area contributed by atoms with Crippen LogP contribution in [0.2, 0.25) is 0 Å². The first-order valence-corrected chi connectivity index (χ1v) is 40.8. The standard InChI is InChI=1S/C32H40N4O5S.C30H34N4O5S.C25H27N3O3S/c1-20-28(42-19-34-20)23-11-6-22(7-12-23)17-33-30(39)26-16-24(37)18-36(26)31(40)29(32(2,3)4)35-27(38)15-10-21-8-13-25(41-5)14-9-21;1-17(2)26(34-14-21-11-23(39-4)9-10-24(21)29(34)37)30(38)33-15-22(35)12-25(33)28(36)31-13-19-5-7-20(8-6-19)27-18(3)32-16-40-27;1-16-5-4-6-20(11-16)23(30)28-14-21(29)12-25(28,3)24(31)26-13-18-7-9-19(10-8-18)22-17(2)27-15-32-22/h6-9,11-14,19,24,26,29,37H,10,15-18H2,1-5H3,(H,33,39)(H,35,38);5-11,16-17,22,25-26,35H,12-15H2,1-4H3,(H,31,36);4-11,15,21,29H,12-14H2,1-3H3,(H,26,31)/t24-,26+,29-;22-,25+,26+;21-,25?/m111/s1. The fourth-order valence-electron chi connectivity index (χ4n) is 14.9. The number of β-amino-alcohol motifs (C(OH)–C–C–N with tert-alkyl or cyclic N) is 3. The number of nitrogens with zero attached hydrogens (tertiary/aromatic N) is 7. The number of aryl methyl sites for hydroxylation is 5. The largest absolute Gasteiger partial charge is 0.497 e. The Morgan fingerprint density at radius 3 is 1.49 bits per heavy atom. The fourth-order valence-corrected chi connectivity index (χ4v) is 17.3. The Morgan fingerprint density at radius 2 is 1.04 bits per heavy atom. The number of rotatable bonds is 23. The van der Waals surface area contributed by atoms with E-state index in [2.05, 4.69) is 36.2 Å². The molecule has 13 rings (SSSR count). The highest BCUT2D eigenvalue weighted by atomic mass is 32.1. The van der Waals surface area contributed by atoms with Gasteiger partial charge in [0, 0.05) is 82.6 Å². The van der Waals surface area contributed by atoms with Gasteiger partial charge >= 0.3 is 0 Å². The first kappa shape index (κ1) is 84.4. The average molecular weight is 1610 g/mol. The molecule has 0 saturated carbocycles. The zero-order valence-corrected chi connectivity index (χ0v) is 68.8. The van der Waals surface area contributed by atoms with Crippen LogP contribution in [-0.4, -0.2) is 179 Å². The lowest BCUT2D eigenvalue weighted by molar-refractivity contribution is -0.144. The Hall–Kier alpha value is -10.6. The molecule has 1 unspecified atom stereocenters. The van der Waals surface area contributed by atoms with Crippen LogP contribution in [0.25, 0.3) is 31.3 Å². The minimum Gasteiger partial charge on any atom is -0.497 e. The number of hydrogen-bond donors (Lipinski definition) is 7. The molecule has 3 fully saturated rings. The van der Waals surface area contributed by atoms with E-state index >= 15 is 0 Å². The van der Waals surface area contributed by atoms with Gasteiger partial charge < -0.3 is 65.7 Å². The number of aliphatic hydroxyl groups excluding tert-OH is 3. The van der Waals surface area contributed by atoms with E-state index in [1.807, 2.05) is 194 Å².